The van der Waals surface area contributed by atoms with Gasteiger partial charge in [-0.25, -0.2) is 0 Å². The maximum absolute atomic E-state index is 12.0. The zero-order valence-electron chi connectivity index (χ0n) is 12.3. The van der Waals surface area contributed by atoms with Crippen molar-refractivity contribution in [2.24, 2.45) is 0 Å². The number of hydrogen-bond acceptors (Lipinski definition) is 3. The Morgan fingerprint density at radius 2 is 1.91 bits per heavy atom. The van der Waals surface area contributed by atoms with Crippen molar-refractivity contribution in [3.05, 3.63) is 52.0 Å². The van der Waals surface area contributed by atoms with Crippen LogP contribution in [0.2, 0.25) is 5.02 Å². The van der Waals surface area contributed by atoms with E-state index in [1.54, 1.807) is 24.3 Å². The van der Waals surface area contributed by atoms with Crippen molar-refractivity contribution >= 4 is 44.8 Å². The molecule has 1 N–H and O–H groups in total. The van der Waals surface area contributed by atoms with Crippen molar-refractivity contribution in [3.63, 3.8) is 0 Å². The smallest absolute Gasteiger partial charge is 0.262 e. The molecule has 0 heterocycles. The molecule has 0 bridgehead atoms. The van der Waals surface area contributed by atoms with Gasteiger partial charge in [0.2, 0.25) is 0 Å². The van der Waals surface area contributed by atoms with Crippen LogP contribution in [0.25, 0.3) is 0 Å². The Labute approximate surface area is 143 Å². The minimum atomic E-state index is -0.242. The van der Waals surface area contributed by atoms with Gasteiger partial charge in [-0.3, -0.25) is 4.79 Å². The molecule has 1 amide bonds. The van der Waals surface area contributed by atoms with Crippen molar-refractivity contribution in [1.29, 1.82) is 0 Å². The summed E-state index contributed by atoms with van der Waals surface area (Å²) in [5, 5.41) is 3.38. The molecule has 0 aliphatic carbocycles. The topological polar surface area (TPSA) is 41.6 Å². The Morgan fingerprint density at radius 1 is 1.23 bits per heavy atom. The van der Waals surface area contributed by atoms with Gasteiger partial charge in [-0.1, -0.05) is 27.5 Å². The molecule has 0 atom stereocenters. The summed E-state index contributed by atoms with van der Waals surface area (Å²) in [4.78, 5) is 13.9. The zero-order chi connectivity index (χ0) is 16.1. The second-order valence-corrected chi connectivity index (χ2v) is 6.20. The van der Waals surface area contributed by atoms with Gasteiger partial charge in [0, 0.05) is 23.6 Å². The molecule has 0 aliphatic rings. The molecule has 0 fully saturated rings. The zero-order valence-corrected chi connectivity index (χ0v) is 14.6. The molecule has 22 heavy (non-hydrogen) atoms. The third kappa shape index (κ3) is 4.64. The minimum absolute atomic E-state index is 0.0684. The van der Waals surface area contributed by atoms with Crippen molar-refractivity contribution in [1.82, 2.24) is 0 Å². The molecule has 2 rings (SSSR count). The van der Waals surface area contributed by atoms with Gasteiger partial charge in [-0.15, -0.1) is 0 Å². The fourth-order valence-electron chi connectivity index (χ4n) is 1.86. The highest BCUT2D eigenvalue weighted by molar-refractivity contribution is 9.10. The lowest BCUT2D eigenvalue weighted by Gasteiger charge is -2.18. The molecule has 0 aromatic heterocycles. The minimum Gasteiger partial charge on any atom is -0.484 e. The predicted octanol–water partition coefficient (Wildman–Crippen LogP) is 4.19. The molecular weight excluding hydrogens is 368 g/mol. The largest absolute Gasteiger partial charge is 0.484 e. The first-order valence-electron chi connectivity index (χ1n) is 6.61. The lowest BCUT2D eigenvalue weighted by Crippen LogP contribution is -2.22. The van der Waals surface area contributed by atoms with Crippen LogP contribution >= 0.6 is 27.5 Å². The molecular formula is C16H16BrClN2O2. The standard InChI is InChI=1S/C16H16BrClN2O2/c1-20(2)15-8-5-12(18)9-14(15)19-16(21)10-22-13-6-3-11(17)4-7-13/h3-9H,10H2,1-2H3,(H,19,21). The molecule has 0 aliphatic heterocycles. The maximum atomic E-state index is 12.0. The van der Waals surface area contributed by atoms with Crippen LogP contribution < -0.4 is 15.0 Å². The number of carbonyl (C=O) groups is 1. The van der Waals surface area contributed by atoms with Gasteiger partial charge in [0.05, 0.1) is 11.4 Å². The maximum Gasteiger partial charge on any atom is 0.262 e. The van der Waals surface area contributed by atoms with Gasteiger partial charge in [-0.2, -0.15) is 0 Å². The molecule has 4 nitrogen and oxygen atoms in total. The Balaban J connectivity index is 2.00. The van der Waals surface area contributed by atoms with Gasteiger partial charge in [0.1, 0.15) is 5.75 Å². The van der Waals surface area contributed by atoms with Crippen LogP contribution in [0.1, 0.15) is 0 Å². The first kappa shape index (κ1) is 16.6. The normalized spacial score (nSPS) is 10.2. The molecule has 116 valence electrons. The lowest BCUT2D eigenvalue weighted by molar-refractivity contribution is -0.118. The van der Waals surface area contributed by atoms with E-state index in [1.165, 1.54) is 0 Å². The van der Waals surface area contributed by atoms with Crippen molar-refractivity contribution < 1.29 is 9.53 Å². The highest BCUT2D eigenvalue weighted by Crippen LogP contribution is 2.27. The summed E-state index contributed by atoms with van der Waals surface area (Å²) in [6.45, 7) is -0.0684. The first-order chi connectivity index (χ1) is 10.5. The van der Waals surface area contributed by atoms with Crippen LogP contribution in [0, 0.1) is 0 Å². The Morgan fingerprint density at radius 3 is 2.55 bits per heavy atom. The lowest BCUT2D eigenvalue weighted by atomic mass is 10.2. The second-order valence-electron chi connectivity index (χ2n) is 4.85. The number of carbonyl (C=O) groups excluding carboxylic acids is 1. The van der Waals surface area contributed by atoms with Crippen molar-refractivity contribution in [2.75, 3.05) is 30.9 Å². The summed E-state index contributed by atoms with van der Waals surface area (Å²) in [6.07, 6.45) is 0. The van der Waals surface area contributed by atoms with Crippen LogP contribution in [0.15, 0.2) is 46.9 Å². The fourth-order valence-corrected chi connectivity index (χ4v) is 2.30. The number of halogens is 2. The highest BCUT2D eigenvalue weighted by Gasteiger charge is 2.10. The number of hydrogen-bond donors (Lipinski definition) is 1. The Hall–Kier alpha value is -1.72. The molecule has 0 saturated carbocycles. The van der Waals surface area contributed by atoms with Crippen molar-refractivity contribution in [3.8, 4) is 5.75 Å². The van der Waals surface area contributed by atoms with Crippen LogP contribution in [-0.2, 0) is 4.79 Å². The summed E-state index contributed by atoms with van der Waals surface area (Å²) in [7, 11) is 3.80. The summed E-state index contributed by atoms with van der Waals surface area (Å²) in [5.41, 5.74) is 1.53. The SMILES string of the molecule is CN(C)c1ccc(Cl)cc1NC(=O)COc1ccc(Br)cc1. The Kier molecular flexibility index (Phi) is 5.69. The van der Waals surface area contributed by atoms with E-state index < -0.39 is 0 Å². The molecule has 0 saturated heterocycles. The van der Waals surface area contributed by atoms with E-state index >= 15 is 0 Å². The van der Waals surface area contributed by atoms with Gasteiger partial charge in [0.25, 0.3) is 5.91 Å². The average molecular weight is 384 g/mol. The molecule has 2 aromatic carbocycles. The number of benzene rings is 2. The molecule has 0 unspecified atom stereocenters. The van der Waals surface area contributed by atoms with Crippen LogP contribution in [0.5, 0.6) is 5.75 Å². The van der Waals surface area contributed by atoms with Gasteiger partial charge in [0.15, 0.2) is 6.61 Å². The predicted molar refractivity (Wildman–Crippen MR) is 94.0 cm³/mol. The van der Waals surface area contributed by atoms with E-state index in [2.05, 4.69) is 21.2 Å². The van der Waals surface area contributed by atoms with E-state index in [0.717, 1.165) is 10.2 Å². The monoisotopic (exact) mass is 382 g/mol. The number of ether oxygens (including phenoxy) is 1. The number of nitrogens with zero attached hydrogens (tertiary/aromatic N) is 1. The summed E-state index contributed by atoms with van der Waals surface area (Å²) >= 11 is 9.33. The van der Waals surface area contributed by atoms with Crippen LogP contribution in [-0.4, -0.2) is 26.6 Å². The molecule has 0 radical (unpaired) electrons. The quantitative estimate of drug-likeness (QED) is 0.842. The average Bonchev–Trinajstić information content (AvgIpc) is 2.46. The van der Waals surface area contributed by atoms with E-state index in [1.807, 2.05) is 37.2 Å². The van der Waals surface area contributed by atoms with Crippen LogP contribution in [0.4, 0.5) is 11.4 Å². The molecule has 6 heteroatoms. The van der Waals surface area contributed by atoms with Gasteiger partial charge in [-0.05, 0) is 42.5 Å². The van der Waals surface area contributed by atoms with E-state index in [-0.39, 0.29) is 12.5 Å². The first-order valence-corrected chi connectivity index (χ1v) is 7.78. The molecule has 2 aromatic rings. The Bertz CT molecular complexity index is 660. The van der Waals surface area contributed by atoms with Crippen molar-refractivity contribution in [2.45, 2.75) is 0 Å². The third-order valence-electron chi connectivity index (χ3n) is 2.90. The number of nitrogens with one attached hydrogen (secondary N) is 1. The second kappa shape index (κ2) is 7.51. The summed E-state index contributed by atoms with van der Waals surface area (Å²) < 4.78 is 6.40. The number of amides is 1. The third-order valence-corrected chi connectivity index (χ3v) is 3.66. The highest BCUT2D eigenvalue weighted by atomic mass is 79.9. The number of rotatable bonds is 5. The van der Waals surface area contributed by atoms with Gasteiger partial charge >= 0.3 is 0 Å². The summed E-state index contributed by atoms with van der Waals surface area (Å²) in [5.74, 6) is 0.394. The summed E-state index contributed by atoms with van der Waals surface area (Å²) in [6, 6.07) is 12.7. The van der Waals surface area contributed by atoms with Crippen LogP contribution in [0.3, 0.4) is 0 Å². The number of anilines is 2. The fraction of sp³-hybridized carbons (Fsp3) is 0.188. The molecule has 0 spiro atoms. The van der Waals surface area contributed by atoms with E-state index in [0.29, 0.717) is 16.5 Å². The van der Waals surface area contributed by atoms with E-state index in [4.69, 9.17) is 16.3 Å². The van der Waals surface area contributed by atoms with E-state index in [9.17, 15) is 4.79 Å². The van der Waals surface area contributed by atoms with Gasteiger partial charge < -0.3 is 15.0 Å².